The van der Waals surface area contributed by atoms with E-state index in [2.05, 4.69) is 17.2 Å². The third-order valence-electron chi connectivity index (χ3n) is 5.15. The lowest BCUT2D eigenvalue weighted by Crippen LogP contribution is -2.48. The van der Waals surface area contributed by atoms with Gasteiger partial charge in [0.1, 0.15) is 12.4 Å². The number of amides is 2. The SMILES string of the molecule is C=CCOc1cccc(NC(=O)N[C@@H]2[C@H]3CC[C@@H](C3)[C@H]2C(=O)OC)c1. The van der Waals surface area contributed by atoms with Crippen molar-refractivity contribution in [3.05, 3.63) is 36.9 Å². The van der Waals surface area contributed by atoms with Crippen LogP contribution in [0.15, 0.2) is 36.9 Å². The van der Waals surface area contributed by atoms with Crippen LogP contribution >= 0.6 is 0 Å². The number of carbonyl (C=O) groups is 2. The molecular weight excluding hydrogens is 320 g/mol. The average Bonchev–Trinajstić information content (AvgIpc) is 3.21. The minimum Gasteiger partial charge on any atom is -0.489 e. The molecule has 2 N–H and O–H groups in total. The number of rotatable bonds is 6. The van der Waals surface area contributed by atoms with Gasteiger partial charge in [-0.25, -0.2) is 4.79 Å². The van der Waals surface area contributed by atoms with Crippen LogP contribution < -0.4 is 15.4 Å². The van der Waals surface area contributed by atoms with Gasteiger partial charge in [0.05, 0.1) is 13.0 Å². The zero-order chi connectivity index (χ0) is 17.8. The van der Waals surface area contributed by atoms with Crippen LogP contribution in [0.1, 0.15) is 19.3 Å². The molecule has 0 radical (unpaired) electrons. The summed E-state index contributed by atoms with van der Waals surface area (Å²) < 4.78 is 10.4. The highest BCUT2D eigenvalue weighted by atomic mass is 16.5. The highest BCUT2D eigenvalue weighted by Crippen LogP contribution is 2.48. The summed E-state index contributed by atoms with van der Waals surface area (Å²) >= 11 is 0. The molecule has 2 fully saturated rings. The van der Waals surface area contributed by atoms with Crippen LogP contribution in [0.2, 0.25) is 0 Å². The van der Waals surface area contributed by atoms with Crippen molar-refractivity contribution in [2.24, 2.45) is 17.8 Å². The molecule has 1 aromatic rings. The number of hydrogen-bond acceptors (Lipinski definition) is 4. The predicted octanol–water partition coefficient (Wildman–Crippen LogP) is 2.96. The van der Waals surface area contributed by atoms with Gasteiger partial charge >= 0.3 is 12.0 Å². The molecule has 1 aromatic carbocycles. The molecule has 4 atom stereocenters. The second kappa shape index (κ2) is 7.59. The molecule has 6 nitrogen and oxygen atoms in total. The van der Waals surface area contributed by atoms with Crippen molar-refractivity contribution < 1.29 is 19.1 Å². The Bertz CT molecular complexity index is 661. The van der Waals surface area contributed by atoms with Crippen LogP contribution in [-0.4, -0.2) is 31.8 Å². The molecule has 2 bridgehead atoms. The molecule has 2 amide bonds. The number of benzene rings is 1. The van der Waals surface area contributed by atoms with Gasteiger partial charge in [-0.15, -0.1) is 0 Å². The molecule has 6 heteroatoms. The Labute approximate surface area is 147 Å². The molecule has 134 valence electrons. The Hall–Kier alpha value is -2.50. The highest BCUT2D eigenvalue weighted by Gasteiger charge is 2.52. The molecule has 0 spiro atoms. The second-order valence-electron chi connectivity index (χ2n) is 6.63. The largest absolute Gasteiger partial charge is 0.489 e. The fourth-order valence-electron chi connectivity index (χ4n) is 4.11. The summed E-state index contributed by atoms with van der Waals surface area (Å²) in [5.74, 6) is 0.861. The molecule has 25 heavy (non-hydrogen) atoms. The van der Waals surface area contributed by atoms with Crippen LogP contribution in [0.3, 0.4) is 0 Å². The fourth-order valence-corrected chi connectivity index (χ4v) is 4.11. The van der Waals surface area contributed by atoms with Crippen molar-refractivity contribution in [3.63, 3.8) is 0 Å². The molecule has 0 aromatic heterocycles. The number of ether oxygens (including phenoxy) is 2. The summed E-state index contributed by atoms with van der Waals surface area (Å²) in [4.78, 5) is 24.5. The van der Waals surface area contributed by atoms with Gasteiger partial charge in [0, 0.05) is 17.8 Å². The molecular formula is C19H24N2O4. The minimum atomic E-state index is -0.313. The number of urea groups is 1. The Morgan fingerprint density at radius 2 is 2.12 bits per heavy atom. The lowest BCUT2D eigenvalue weighted by molar-refractivity contribution is -0.148. The van der Waals surface area contributed by atoms with Crippen LogP contribution in [0.25, 0.3) is 0 Å². The summed E-state index contributed by atoms with van der Waals surface area (Å²) in [6, 6.07) is 6.69. The van der Waals surface area contributed by atoms with E-state index in [-0.39, 0.29) is 24.0 Å². The quantitative estimate of drug-likeness (QED) is 0.614. The Kier molecular flexibility index (Phi) is 5.26. The number of carbonyl (C=O) groups excluding carboxylic acids is 2. The third kappa shape index (κ3) is 3.78. The van der Waals surface area contributed by atoms with Crippen molar-refractivity contribution in [1.82, 2.24) is 5.32 Å². The highest BCUT2D eigenvalue weighted by molar-refractivity contribution is 5.90. The monoisotopic (exact) mass is 344 g/mol. The predicted molar refractivity (Wildman–Crippen MR) is 94.4 cm³/mol. The zero-order valence-corrected chi connectivity index (χ0v) is 14.4. The number of nitrogens with one attached hydrogen (secondary N) is 2. The summed E-state index contributed by atoms with van der Waals surface area (Å²) in [6.07, 6.45) is 4.73. The van der Waals surface area contributed by atoms with E-state index in [0.717, 1.165) is 19.3 Å². The first-order valence-electron chi connectivity index (χ1n) is 8.61. The van der Waals surface area contributed by atoms with E-state index < -0.39 is 0 Å². The summed E-state index contributed by atoms with van der Waals surface area (Å²) in [6.45, 7) is 4.01. The molecule has 0 unspecified atom stereocenters. The minimum absolute atomic E-state index is 0.161. The topological polar surface area (TPSA) is 76.7 Å². The first-order valence-corrected chi connectivity index (χ1v) is 8.61. The van der Waals surface area contributed by atoms with Gasteiger partial charge in [-0.05, 0) is 43.2 Å². The maximum atomic E-state index is 12.4. The molecule has 2 aliphatic rings. The molecule has 3 rings (SSSR count). The van der Waals surface area contributed by atoms with Gasteiger partial charge in [-0.1, -0.05) is 18.7 Å². The lowest BCUT2D eigenvalue weighted by Gasteiger charge is -2.29. The molecule has 0 saturated heterocycles. The number of esters is 1. The van der Waals surface area contributed by atoms with E-state index in [0.29, 0.717) is 29.9 Å². The maximum absolute atomic E-state index is 12.4. The standard InChI is InChI=1S/C19H24N2O4/c1-3-9-25-15-6-4-5-14(11-15)20-19(23)21-17-13-8-7-12(10-13)16(17)18(22)24-2/h3-6,11-13,16-17H,1,7-10H2,2H3,(H2,20,21,23)/t12-,13-,16+,17+/m0/s1. The Morgan fingerprint density at radius 1 is 1.32 bits per heavy atom. The Balaban J connectivity index is 1.62. The number of anilines is 1. The lowest BCUT2D eigenvalue weighted by atomic mass is 9.84. The van der Waals surface area contributed by atoms with E-state index in [9.17, 15) is 9.59 Å². The second-order valence-corrected chi connectivity index (χ2v) is 6.63. The number of methoxy groups -OCH3 is 1. The van der Waals surface area contributed by atoms with Crippen molar-refractivity contribution >= 4 is 17.7 Å². The van der Waals surface area contributed by atoms with Crippen molar-refractivity contribution in [2.45, 2.75) is 25.3 Å². The van der Waals surface area contributed by atoms with Crippen LogP contribution in [0.5, 0.6) is 5.75 Å². The van der Waals surface area contributed by atoms with Gasteiger partial charge in [0.15, 0.2) is 0 Å². The van der Waals surface area contributed by atoms with Crippen LogP contribution in [-0.2, 0) is 9.53 Å². The number of hydrogen-bond donors (Lipinski definition) is 2. The maximum Gasteiger partial charge on any atom is 0.319 e. The van der Waals surface area contributed by atoms with Gasteiger partial charge in [-0.2, -0.15) is 0 Å². The van der Waals surface area contributed by atoms with E-state index in [1.54, 1.807) is 18.2 Å². The van der Waals surface area contributed by atoms with E-state index in [4.69, 9.17) is 9.47 Å². The first kappa shape index (κ1) is 17.3. The number of fused-ring (bicyclic) bond motifs is 2. The van der Waals surface area contributed by atoms with E-state index in [1.807, 2.05) is 12.1 Å². The molecule has 2 saturated carbocycles. The zero-order valence-electron chi connectivity index (χ0n) is 14.4. The van der Waals surface area contributed by atoms with Crippen molar-refractivity contribution in [2.75, 3.05) is 19.0 Å². The third-order valence-corrected chi connectivity index (χ3v) is 5.15. The van der Waals surface area contributed by atoms with Crippen LogP contribution in [0, 0.1) is 17.8 Å². The van der Waals surface area contributed by atoms with Gasteiger partial charge in [0.25, 0.3) is 0 Å². The summed E-state index contributed by atoms with van der Waals surface area (Å²) in [5, 5.41) is 5.79. The normalized spacial score (nSPS) is 26.8. The molecule has 0 heterocycles. The van der Waals surface area contributed by atoms with E-state index >= 15 is 0 Å². The van der Waals surface area contributed by atoms with Crippen molar-refractivity contribution in [3.8, 4) is 5.75 Å². The van der Waals surface area contributed by atoms with Crippen molar-refractivity contribution in [1.29, 1.82) is 0 Å². The van der Waals surface area contributed by atoms with Gasteiger partial charge in [-0.3, -0.25) is 4.79 Å². The van der Waals surface area contributed by atoms with Gasteiger partial charge in [0.2, 0.25) is 0 Å². The first-order chi connectivity index (χ1) is 12.1. The van der Waals surface area contributed by atoms with E-state index in [1.165, 1.54) is 7.11 Å². The van der Waals surface area contributed by atoms with Gasteiger partial charge < -0.3 is 20.1 Å². The van der Waals surface area contributed by atoms with Crippen LogP contribution in [0.4, 0.5) is 10.5 Å². The average molecular weight is 344 g/mol. The Morgan fingerprint density at radius 3 is 2.88 bits per heavy atom. The molecule has 2 aliphatic carbocycles. The smallest absolute Gasteiger partial charge is 0.319 e. The molecule has 0 aliphatic heterocycles. The summed E-state index contributed by atoms with van der Waals surface area (Å²) in [7, 11) is 1.40. The fraction of sp³-hybridized carbons (Fsp3) is 0.474. The summed E-state index contributed by atoms with van der Waals surface area (Å²) in [5.41, 5.74) is 0.636.